The Balaban J connectivity index is 2.02. The van der Waals surface area contributed by atoms with E-state index in [1.54, 1.807) is 24.3 Å². The van der Waals surface area contributed by atoms with Crippen molar-refractivity contribution >= 4 is 29.1 Å². The second-order valence-corrected chi connectivity index (χ2v) is 4.56. The van der Waals surface area contributed by atoms with Gasteiger partial charge in [-0.1, -0.05) is 11.6 Å². The lowest BCUT2D eigenvalue weighted by atomic mass is 10.2. The number of benzene rings is 1. The van der Waals surface area contributed by atoms with E-state index >= 15 is 0 Å². The molecule has 0 atom stereocenters. The van der Waals surface area contributed by atoms with Crippen LogP contribution in [0.2, 0.25) is 5.02 Å². The zero-order valence-electron chi connectivity index (χ0n) is 9.82. The number of carbonyl (C=O) groups is 1. The van der Waals surface area contributed by atoms with Crippen molar-refractivity contribution in [3.63, 3.8) is 0 Å². The van der Waals surface area contributed by atoms with Crippen LogP contribution in [0.1, 0.15) is 21.9 Å². The Bertz CT molecular complexity index is 595. The van der Waals surface area contributed by atoms with E-state index in [2.05, 4.69) is 5.32 Å². The van der Waals surface area contributed by atoms with Gasteiger partial charge >= 0.3 is 0 Å². The molecule has 0 bridgehead atoms. The first kappa shape index (κ1) is 13.8. The van der Waals surface area contributed by atoms with E-state index in [-0.39, 0.29) is 29.8 Å². The van der Waals surface area contributed by atoms with E-state index in [0.717, 1.165) is 0 Å². The molecule has 6 heteroatoms. The molecule has 1 amide bonds. The van der Waals surface area contributed by atoms with Crippen LogP contribution in [0.15, 0.2) is 34.7 Å². The van der Waals surface area contributed by atoms with Crippen LogP contribution in [0.5, 0.6) is 5.75 Å². The third-order valence-electron chi connectivity index (χ3n) is 2.50. The minimum Gasteiger partial charge on any atom is -0.508 e. The number of rotatable bonds is 4. The Morgan fingerprint density at radius 3 is 2.79 bits per heavy atom. The molecule has 1 aromatic heterocycles. The fourth-order valence-electron chi connectivity index (χ4n) is 1.53. The fraction of sp³-hybridized carbons (Fsp3) is 0.154. The van der Waals surface area contributed by atoms with Gasteiger partial charge in [-0.2, -0.15) is 0 Å². The molecular formula is C13H11Cl2NO3. The van der Waals surface area contributed by atoms with Crippen LogP contribution in [-0.2, 0) is 12.4 Å². The van der Waals surface area contributed by atoms with Crippen molar-refractivity contribution in [3.05, 3.63) is 52.4 Å². The summed E-state index contributed by atoms with van der Waals surface area (Å²) in [7, 11) is 0. The Kier molecular flexibility index (Phi) is 4.35. The number of aromatic hydroxyl groups is 1. The minimum absolute atomic E-state index is 0.0746. The SMILES string of the molecule is O=C(NCc1cc(Cl)ccc1O)c1ccc(CCl)o1. The molecule has 1 aromatic carbocycles. The molecule has 4 nitrogen and oxygen atoms in total. The van der Waals surface area contributed by atoms with Crippen molar-refractivity contribution in [2.24, 2.45) is 0 Å². The fourth-order valence-corrected chi connectivity index (χ4v) is 1.87. The summed E-state index contributed by atoms with van der Waals surface area (Å²) in [5.41, 5.74) is 0.532. The number of carbonyl (C=O) groups excluding carboxylic acids is 1. The van der Waals surface area contributed by atoms with Crippen molar-refractivity contribution in [2.45, 2.75) is 12.4 Å². The maximum Gasteiger partial charge on any atom is 0.287 e. The molecule has 1 heterocycles. The van der Waals surface area contributed by atoms with Crippen molar-refractivity contribution in [3.8, 4) is 5.75 Å². The van der Waals surface area contributed by atoms with Crippen LogP contribution in [-0.4, -0.2) is 11.0 Å². The molecule has 0 radical (unpaired) electrons. The van der Waals surface area contributed by atoms with E-state index in [0.29, 0.717) is 16.3 Å². The molecule has 100 valence electrons. The normalized spacial score (nSPS) is 10.4. The summed E-state index contributed by atoms with van der Waals surface area (Å²) in [6.45, 7) is 0.155. The van der Waals surface area contributed by atoms with Gasteiger partial charge in [0.15, 0.2) is 5.76 Å². The monoisotopic (exact) mass is 299 g/mol. The molecule has 0 aliphatic rings. The van der Waals surface area contributed by atoms with Gasteiger partial charge in [-0.3, -0.25) is 4.79 Å². The highest BCUT2D eigenvalue weighted by molar-refractivity contribution is 6.30. The number of hydrogen-bond acceptors (Lipinski definition) is 3. The maximum absolute atomic E-state index is 11.8. The van der Waals surface area contributed by atoms with Gasteiger partial charge in [0.25, 0.3) is 5.91 Å². The summed E-state index contributed by atoms with van der Waals surface area (Å²) in [5.74, 6) is 0.610. The average molecular weight is 300 g/mol. The molecule has 19 heavy (non-hydrogen) atoms. The number of halogens is 2. The second-order valence-electron chi connectivity index (χ2n) is 3.86. The lowest BCUT2D eigenvalue weighted by Crippen LogP contribution is -2.22. The smallest absolute Gasteiger partial charge is 0.287 e. The highest BCUT2D eigenvalue weighted by Gasteiger charge is 2.11. The summed E-state index contributed by atoms with van der Waals surface area (Å²) in [4.78, 5) is 11.8. The molecule has 0 aliphatic heterocycles. The van der Waals surface area contributed by atoms with Gasteiger partial charge in [0.2, 0.25) is 0 Å². The Labute approximate surface area is 119 Å². The Hall–Kier alpha value is -1.65. The highest BCUT2D eigenvalue weighted by atomic mass is 35.5. The first-order chi connectivity index (χ1) is 9.10. The molecule has 0 spiro atoms. The van der Waals surface area contributed by atoms with E-state index in [4.69, 9.17) is 27.6 Å². The highest BCUT2D eigenvalue weighted by Crippen LogP contribution is 2.21. The average Bonchev–Trinajstić information content (AvgIpc) is 2.88. The van der Waals surface area contributed by atoms with Gasteiger partial charge in [-0.25, -0.2) is 0 Å². The molecule has 0 aliphatic carbocycles. The number of furan rings is 1. The number of phenols is 1. The molecular weight excluding hydrogens is 289 g/mol. The van der Waals surface area contributed by atoms with Crippen LogP contribution in [0, 0.1) is 0 Å². The number of alkyl halides is 1. The number of phenolic OH excluding ortho intramolecular Hbond substituents is 1. The standard InChI is InChI=1S/C13H11Cl2NO3/c14-6-10-2-4-12(19-10)13(18)16-7-8-5-9(15)1-3-11(8)17/h1-5,17H,6-7H2,(H,16,18). The molecule has 0 saturated heterocycles. The summed E-state index contributed by atoms with van der Waals surface area (Å²) in [5, 5.41) is 12.7. The van der Waals surface area contributed by atoms with Gasteiger partial charge in [0, 0.05) is 17.1 Å². The number of nitrogens with one attached hydrogen (secondary N) is 1. The largest absolute Gasteiger partial charge is 0.508 e. The molecule has 2 aromatic rings. The second kappa shape index (κ2) is 5.99. The quantitative estimate of drug-likeness (QED) is 0.852. The van der Waals surface area contributed by atoms with Crippen molar-refractivity contribution < 1.29 is 14.3 Å². The Morgan fingerprint density at radius 2 is 2.11 bits per heavy atom. The first-order valence-electron chi connectivity index (χ1n) is 5.50. The van der Waals surface area contributed by atoms with Crippen molar-refractivity contribution in [1.82, 2.24) is 5.32 Å². The maximum atomic E-state index is 11.8. The van der Waals surface area contributed by atoms with E-state index in [1.165, 1.54) is 6.07 Å². The van der Waals surface area contributed by atoms with Gasteiger partial charge in [-0.05, 0) is 30.3 Å². The Morgan fingerprint density at radius 1 is 1.32 bits per heavy atom. The molecule has 0 unspecified atom stereocenters. The lowest BCUT2D eigenvalue weighted by molar-refractivity contribution is 0.0921. The first-order valence-corrected chi connectivity index (χ1v) is 6.41. The molecule has 0 saturated carbocycles. The number of amides is 1. The topological polar surface area (TPSA) is 62.5 Å². The van der Waals surface area contributed by atoms with E-state index in [9.17, 15) is 9.90 Å². The van der Waals surface area contributed by atoms with Crippen LogP contribution < -0.4 is 5.32 Å². The molecule has 2 N–H and O–H groups in total. The predicted molar refractivity (Wildman–Crippen MR) is 72.6 cm³/mol. The van der Waals surface area contributed by atoms with Crippen molar-refractivity contribution in [1.29, 1.82) is 0 Å². The zero-order valence-corrected chi connectivity index (χ0v) is 11.3. The van der Waals surface area contributed by atoms with Crippen molar-refractivity contribution in [2.75, 3.05) is 0 Å². The van der Waals surface area contributed by atoms with Crippen LogP contribution in [0.25, 0.3) is 0 Å². The summed E-state index contributed by atoms with van der Waals surface area (Å²) < 4.78 is 5.20. The third-order valence-corrected chi connectivity index (χ3v) is 3.00. The van der Waals surface area contributed by atoms with Gasteiger partial charge in [0.1, 0.15) is 11.5 Å². The summed E-state index contributed by atoms with van der Waals surface area (Å²) in [6, 6.07) is 7.82. The summed E-state index contributed by atoms with van der Waals surface area (Å²) in [6.07, 6.45) is 0. The van der Waals surface area contributed by atoms with Crippen LogP contribution in [0.3, 0.4) is 0 Å². The third kappa shape index (κ3) is 3.43. The zero-order chi connectivity index (χ0) is 13.8. The summed E-state index contributed by atoms with van der Waals surface area (Å²) >= 11 is 11.4. The number of hydrogen-bond donors (Lipinski definition) is 2. The minimum atomic E-state index is -0.379. The van der Waals surface area contributed by atoms with Crippen LogP contribution in [0.4, 0.5) is 0 Å². The predicted octanol–water partition coefficient (Wildman–Crippen LogP) is 3.31. The van der Waals surface area contributed by atoms with Gasteiger partial charge < -0.3 is 14.8 Å². The van der Waals surface area contributed by atoms with Crippen LogP contribution >= 0.6 is 23.2 Å². The molecule has 0 fully saturated rings. The van der Waals surface area contributed by atoms with Gasteiger partial charge in [0.05, 0.1) is 5.88 Å². The van der Waals surface area contributed by atoms with Gasteiger partial charge in [-0.15, -0.1) is 11.6 Å². The lowest BCUT2D eigenvalue weighted by Gasteiger charge is -2.06. The molecule has 2 rings (SSSR count). The van der Waals surface area contributed by atoms with E-state index in [1.807, 2.05) is 0 Å². The van der Waals surface area contributed by atoms with E-state index < -0.39 is 0 Å².